The molecule has 0 aliphatic carbocycles. The van der Waals surface area contributed by atoms with E-state index in [1.807, 2.05) is 30.3 Å². The van der Waals surface area contributed by atoms with Gasteiger partial charge in [0.2, 0.25) is 10.0 Å². The van der Waals surface area contributed by atoms with Gasteiger partial charge in [-0.1, -0.05) is 48.5 Å². The van der Waals surface area contributed by atoms with E-state index in [9.17, 15) is 13.2 Å². The van der Waals surface area contributed by atoms with E-state index in [0.29, 0.717) is 34.9 Å². The Morgan fingerprint density at radius 3 is 2.35 bits per heavy atom. The van der Waals surface area contributed by atoms with E-state index in [2.05, 4.69) is 10.0 Å². The molecular formula is C23H24N2O5S. The number of hydrogen-bond donors (Lipinski definition) is 2. The molecule has 0 fully saturated rings. The van der Waals surface area contributed by atoms with Gasteiger partial charge in [0.25, 0.3) is 5.91 Å². The predicted molar refractivity (Wildman–Crippen MR) is 120 cm³/mol. The van der Waals surface area contributed by atoms with E-state index in [-0.39, 0.29) is 12.5 Å². The molecule has 0 saturated heterocycles. The summed E-state index contributed by atoms with van der Waals surface area (Å²) in [6.07, 6.45) is 1.08. The van der Waals surface area contributed by atoms with Gasteiger partial charge in [-0.05, 0) is 35.4 Å². The molecular weight excluding hydrogens is 416 g/mol. The fourth-order valence-electron chi connectivity index (χ4n) is 2.91. The van der Waals surface area contributed by atoms with Gasteiger partial charge in [-0.3, -0.25) is 9.52 Å². The number of sulfonamides is 1. The molecule has 0 aliphatic rings. The Labute approximate surface area is 182 Å². The van der Waals surface area contributed by atoms with Gasteiger partial charge in [-0.15, -0.1) is 0 Å². The third-order valence-corrected chi connectivity index (χ3v) is 5.01. The molecule has 8 heteroatoms. The largest absolute Gasteiger partial charge is 0.493 e. The molecule has 1 amide bonds. The number of benzene rings is 3. The minimum Gasteiger partial charge on any atom is -0.493 e. The Kier molecular flexibility index (Phi) is 7.15. The Morgan fingerprint density at radius 2 is 1.65 bits per heavy atom. The molecule has 0 unspecified atom stereocenters. The molecule has 3 aromatic carbocycles. The van der Waals surface area contributed by atoms with Gasteiger partial charge in [0, 0.05) is 12.1 Å². The third kappa shape index (κ3) is 6.48. The minimum atomic E-state index is -3.42. The number of methoxy groups -OCH3 is 1. The lowest BCUT2D eigenvalue weighted by molar-refractivity contribution is 0.0950. The van der Waals surface area contributed by atoms with Gasteiger partial charge in [-0.2, -0.15) is 0 Å². The maximum Gasteiger partial charge on any atom is 0.251 e. The van der Waals surface area contributed by atoms with Crippen molar-refractivity contribution in [1.29, 1.82) is 0 Å². The van der Waals surface area contributed by atoms with E-state index in [4.69, 9.17) is 9.47 Å². The molecule has 3 aromatic rings. The maximum atomic E-state index is 12.6. The number of amides is 1. The van der Waals surface area contributed by atoms with Crippen molar-refractivity contribution in [1.82, 2.24) is 5.32 Å². The second kappa shape index (κ2) is 9.99. The van der Waals surface area contributed by atoms with Crippen LogP contribution in [0.2, 0.25) is 0 Å². The lowest BCUT2D eigenvalue weighted by Gasteiger charge is -2.14. The number of ether oxygens (including phenoxy) is 2. The normalized spacial score (nSPS) is 10.9. The van der Waals surface area contributed by atoms with Crippen molar-refractivity contribution in [2.45, 2.75) is 13.2 Å². The van der Waals surface area contributed by atoms with Crippen molar-refractivity contribution < 1.29 is 22.7 Å². The smallest absolute Gasteiger partial charge is 0.251 e. The molecule has 0 saturated carbocycles. The van der Waals surface area contributed by atoms with Gasteiger partial charge in [0.05, 0.1) is 19.1 Å². The summed E-state index contributed by atoms with van der Waals surface area (Å²) in [6, 6.07) is 21.6. The van der Waals surface area contributed by atoms with Crippen LogP contribution in [0.4, 0.5) is 5.69 Å². The van der Waals surface area contributed by atoms with Crippen molar-refractivity contribution >= 4 is 21.6 Å². The monoisotopic (exact) mass is 440 g/mol. The lowest BCUT2D eigenvalue weighted by atomic mass is 10.1. The number of carbonyl (C=O) groups excluding carboxylic acids is 1. The number of carbonyl (C=O) groups is 1. The Bertz CT molecular complexity index is 1150. The van der Waals surface area contributed by atoms with E-state index < -0.39 is 10.0 Å². The van der Waals surface area contributed by atoms with Crippen molar-refractivity contribution in [2.24, 2.45) is 0 Å². The summed E-state index contributed by atoms with van der Waals surface area (Å²) in [7, 11) is -1.91. The first-order valence-corrected chi connectivity index (χ1v) is 11.4. The molecule has 162 valence electrons. The van der Waals surface area contributed by atoms with Gasteiger partial charge in [0.15, 0.2) is 11.5 Å². The van der Waals surface area contributed by atoms with Crippen LogP contribution in [0.15, 0.2) is 72.8 Å². The van der Waals surface area contributed by atoms with Crippen LogP contribution in [0.25, 0.3) is 0 Å². The topological polar surface area (TPSA) is 93.7 Å². The molecule has 2 N–H and O–H groups in total. The number of para-hydroxylation sites is 1. The molecule has 0 atom stereocenters. The molecule has 0 heterocycles. The molecule has 31 heavy (non-hydrogen) atoms. The summed E-state index contributed by atoms with van der Waals surface area (Å²) in [5.41, 5.74) is 2.49. The van der Waals surface area contributed by atoms with Gasteiger partial charge in [0.1, 0.15) is 6.61 Å². The first kappa shape index (κ1) is 22.2. The quantitative estimate of drug-likeness (QED) is 0.531. The van der Waals surface area contributed by atoms with Crippen LogP contribution in [0, 0.1) is 0 Å². The summed E-state index contributed by atoms with van der Waals surface area (Å²) >= 11 is 0. The molecule has 3 rings (SSSR count). The Hall–Kier alpha value is -3.52. The van der Waals surface area contributed by atoms with Crippen LogP contribution < -0.4 is 19.5 Å². The van der Waals surface area contributed by atoms with Crippen LogP contribution in [0.5, 0.6) is 11.5 Å². The van der Waals surface area contributed by atoms with Crippen LogP contribution in [-0.4, -0.2) is 27.7 Å². The molecule has 0 radical (unpaired) electrons. The Morgan fingerprint density at radius 1 is 0.935 bits per heavy atom. The Balaban J connectivity index is 1.67. The molecule has 0 aromatic heterocycles. The average molecular weight is 441 g/mol. The van der Waals surface area contributed by atoms with Gasteiger partial charge < -0.3 is 14.8 Å². The third-order valence-electron chi connectivity index (χ3n) is 4.42. The number of hydrogen-bond acceptors (Lipinski definition) is 5. The molecule has 0 bridgehead atoms. The molecule has 0 aliphatic heterocycles. The maximum absolute atomic E-state index is 12.6. The number of nitrogens with one attached hydrogen (secondary N) is 2. The summed E-state index contributed by atoms with van der Waals surface area (Å²) < 4.78 is 36.7. The summed E-state index contributed by atoms with van der Waals surface area (Å²) in [5, 5.41) is 2.80. The highest BCUT2D eigenvalue weighted by Crippen LogP contribution is 2.29. The van der Waals surface area contributed by atoms with Crippen LogP contribution in [0.3, 0.4) is 0 Å². The fraction of sp³-hybridized carbons (Fsp3) is 0.174. The van der Waals surface area contributed by atoms with Gasteiger partial charge in [-0.25, -0.2) is 8.42 Å². The minimum absolute atomic E-state index is 0.159. The van der Waals surface area contributed by atoms with Crippen LogP contribution in [-0.2, 0) is 23.2 Å². The number of anilines is 1. The van der Waals surface area contributed by atoms with E-state index in [1.54, 1.807) is 42.5 Å². The average Bonchev–Trinajstić information content (AvgIpc) is 2.76. The summed E-state index contributed by atoms with van der Waals surface area (Å²) in [5.74, 6) is 0.662. The predicted octanol–water partition coefficient (Wildman–Crippen LogP) is 3.58. The van der Waals surface area contributed by atoms with Crippen molar-refractivity contribution in [3.05, 3.63) is 89.5 Å². The zero-order valence-corrected chi connectivity index (χ0v) is 18.1. The zero-order chi connectivity index (χ0) is 22.3. The van der Waals surface area contributed by atoms with Crippen LogP contribution >= 0.6 is 0 Å². The van der Waals surface area contributed by atoms with E-state index >= 15 is 0 Å². The fourth-order valence-corrected chi connectivity index (χ4v) is 3.51. The SMILES string of the molecule is COc1cc(C(=O)NCc2ccccc2NS(C)(=O)=O)ccc1OCc1ccccc1. The van der Waals surface area contributed by atoms with Gasteiger partial charge >= 0.3 is 0 Å². The summed E-state index contributed by atoms with van der Waals surface area (Å²) in [6.45, 7) is 0.541. The molecule has 7 nitrogen and oxygen atoms in total. The number of rotatable bonds is 9. The highest BCUT2D eigenvalue weighted by molar-refractivity contribution is 7.92. The summed E-state index contributed by atoms with van der Waals surface area (Å²) in [4.78, 5) is 12.6. The standard InChI is InChI=1S/C23H24N2O5S/c1-29-22-14-18(12-13-21(22)30-16-17-8-4-3-5-9-17)23(26)24-15-19-10-6-7-11-20(19)25-31(2,27)28/h3-14,25H,15-16H2,1-2H3,(H,24,26). The first-order valence-electron chi connectivity index (χ1n) is 9.54. The molecule has 0 spiro atoms. The first-order chi connectivity index (χ1) is 14.9. The zero-order valence-electron chi connectivity index (χ0n) is 17.3. The second-order valence-electron chi connectivity index (χ2n) is 6.85. The van der Waals surface area contributed by atoms with E-state index in [0.717, 1.165) is 11.8 Å². The highest BCUT2D eigenvalue weighted by atomic mass is 32.2. The van der Waals surface area contributed by atoms with Crippen LogP contribution in [0.1, 0.15) is 21.5 Å². The van der Waals surface area contributed by atoms with Crippen molar-refractivity contribution in [2.75, 3.05) is 18.1 Å². The van der Waals surface area contributed by atoms with Crippen molar-refractivity contribution in [3.63, 3.8) is 0 Å². The second-order valence-corrected chi connectivity index (χ2v) is 8.60. The van der Waals surface area contributed by atoms with E-state index in [1.165, 1.54) is 7.11 Å². The lowest BCUT2D eigenvalue weighted by Crippen LogP contribution is -2.23. The highest BCUT2D eigenvalue weighted by Gasteiger charge is 2.13. The van der Waals surface area contributed by atoms with Crippen molar-refractivity contribution in [3.8, 4) is 11.5 Å².